The van der Waals surface area contributed by atoms with Crippen LogP contribution in [-0.4, -0.2) is 0 Å². The Bertz CT molecular complexity index is 2770. The Morgan fingerprint density at radius 1 is 0.469 bits per heavy atom. The van der Waals surface area contributed by atoms with Crippen molar-refractivity contribution in [1.29, 1.82) is 0 Å². The van der Waals surface area contributed by atoms with Crippen LogP contribution < -0.4 is 4.90 Å². The zero-order valence-electron chi connectivity index (χ0n) is 27.4. The van der Waals surface area contributed by atoms with E-state index in [1.54, 1.807) is 0 Å². The van der Waals surface area contributed by atoms with Crippen LogP contribution in [0.3, 0.4) is 0 Å². The van der Waals surface area contributed by atoms with Crippen molar-refractivity contribution in [1.82, 2.24) is 0 Å². The van der Waals surface area contributed by atoms with Crippen molar-refractivity contribution in [2.24, 2.45) is 0 Å². The normalized spacial score (nSPS) is 13.3. The maximum atomic E-state index is 2.49. The summed E-state index contributed by atoms with van der Waals surface area (Å²) in [4.78, 5) is 2.49. The molecular weight excluding hydrogens is 611 g/mol. The fourth-order valence-corrected chi connectivity index (χ4v) is 9.33. The van der Waals surface area contributed by atoms with Crippen LogP contribution in [0.4, 0.5) is 17.1 Å². The molecule has 8 aromatic carbocycles. The quantitative estimate of drug-likeness (QED) is 0.184. The summed E-state index contributed by atoms with van der Waals surface area (Å²) in [6.07, 6.45) is 0. The highest BCUT2D eigenvalue weighted by Gasteiger charge is 2.37. The molecular formula is C47H33NS. The maximum absolute atomic E-state index is 2.49. The van der Waals surface area contributed by atoms with E-state index in [0.29, 0.717) is 0 Å². The lowest BCUT2D eigenvalue weighted by atomic mass is 9.82. The second kappa shape index (κ2) is 10.7. The van der Waals surface area contributed by atoms with Gasteiger partial charge in [0, 0.05) is 42.5 Å². The van der Waals surface area contributed by atoms with Crippen molar-refractivity contribution in [3.63, 3.8) is 0 Å². The first-order chi connectivity index (χ1) is 24.0. The lowest BCUT2D eigenvalue weighted by Crippen LogP contribution is -2.16. The van der Waals surface area contributed by atoms with Crippen LogP contribution in [0.1, 0.15) is 25.0 Å². The van der Waals surface area contributed by atoms with E-state index in [1.165, 1.54) is 80.8 Å². The standard InChI is InChI=1S/C47H33NS/c1-47(2)40-17-7-5-15-37(40)46-41(47)18-10-19-42(46)48(35-14-9-13-33(28-35)34-22-21-30-11-3-4-12-32(30)27-34)36-25-23-31-24-26-44-45(39(31)29-36)38-16-6-8-20-43(38)49-44/h3-29H,1-2H3. The molecule has 1 aliphatic carbocycles. The molecule has 1 heterocycles. The van der Waals surface area contributed by atoms with Gasteiger partial charge in [0.25, 0.3) is 0 Å². The highest BCUT2D eigenvalue weighted by molar-refractivity contribution is 7.26. The molecule has 0 saturated carbocycles. The second-order valence-corrected chi connectivity index (χ2v) is 14.8. The number of hydrogen-bond donors (Lipinski definition) is 0. The highest BCUT2D eigenvalue weighted by Crippen LogP contribution is 2.54. The molecule has 0 unspecified atom stereocenters. The summed E-state index contributed by atoms with van der Waals surface area (Å²) in [6, 6.07) is 60.7. The monoisotopic (exact) mass is 643 g/mol. The van der Waals surface area contributed by atoms with Crippen LogP contribution in [-0.2, 0) is 5.41 Å². The van der Waals surface area contributed by atoms with E-state index in [1.807, 2.05) is 11.3 Å². The Morgan fingerprint density at radius 2 is 1.18 bits per heavy atom. The average Bonchev–Trinajstić information content (AvgIpc) is 3.65. The molecule has 0 spiro atoms. The summed E-state index contributed by atoms with van der Waals surface area (Å²) in [5, 5.41) is 7.73. The molecule has 10 rings (SSSR count). The zero-order chi connectivity index (χ0) is 32.7. The molecule has 1 nitrogen and oxygen atoms in total. The van der Waals surface area contributed by atoms with Gasteiger partial charge in [0.2, 0.25) is 0 Å². The Labute approximate surface area is 290 Å². The minimum Gasteiger partial charge on any atom is -0.310 e. The van der Waals surface area contributed by atoms with Gasteiger partial charge in [0.15, 0.2) is 0 Å². The third kappa shape index (κ3) is 4.31. The first-order valence-electron chi connectivity index (χ1n) is 17.0. The first-order valence-corrected chi connectivity index (χ1v) is 17.8. The molecule has 0 radical (unpaired) electrons. The van der Waals surface area contributed by atoms with E-state index in [0.717, 1.165) is 11.4 Å². The minimum absolute atomic E-state index is 0.0916. The smallest absolute Gasteiger partial charge is 0.0543 e. The van der Waals surface area contributed by atoms with Gasteiger partial charge in [-0.1, -0.05) is 129 Å². The molecule has 0 saturated heterocycles. The van der Waals surface area contributed by atoms with Crippen LogP contribution in [0.5, 0.6) is 0 Å². The Kier molecular flexibility index (Phi) is 6.16. The molecule has 0 amide bonds. The third-order valence-electron chi connectivity index (χ3n) is 10.6. The molecule has 0 aliphatic heterocycles. The van der Waals surface area contributed by atoms with E-state index in [4.69, 9.17) is 0 Å². The summed E-state index contributed by atoms with van der Waals surface area (Å²) in [5.74, 6) is 0. The van der Waals surface area contributed by atoms with Gasteiger partial charge >= 0.3 is 0 Å². The number of anilines is 3. The highest BCUT2D eigenvalue weighted by atomic mass is 32.1. The summed E-state index contributed by atoms with van der Waals surface area (Å²) in [7, 11) is 0. The molecule has 0 atom stereocenters. The van der Waals surface area contributed by atoms with E-state index in [9.17, 15) is 0 Å². The van der Waals surface area contributed by atoms with Crippen molar-refractivity contribution in [2.45, 2.75) is 19.3 Å². The third-order valence-corrected chi connectivity index (χ3v) is 11.8. The van der Waals surface area contributed by atoms with Crippen LogP contribution in [0.15, 0.2) is 164 Å². The molecule has 49 heavy (non-hydrogen) atoms. The van der Waals surface area contributed by atoms with Crippen LogP contribution in [0.2, 0.25) is 0 Å². The molecule has 0 N–H and O–H groups in total. The largest absolute Gasteiger partial charge is 0.310 e. The zero-order valence-corrected chi connectivity index (χ0v) is 28.3. The summed E-state index contributed by atoms with van der Waals surface area (Å²) < 4.78 is 2.65. The molecule has 1 aliphatic rings. The van der Waals surface area contributed by atoms with Crippen LogP contribution in [0.25, 0.3) is 64.0 Å². The van der Waals surface area contributed by atoms with Crippen LogP contribution in [0, 0.1) is 0 Å². The Balaban J connectivity index is 1.24. The van der Waals surface area contributed by atoms with Crippen molar-refractivity contribution in [3.8, 4) is 22.3 Å². The number of thiophene rings is 1. The van der Waals surface area contributed by atoms with Crippen LogP contribution >= 0.6 is 11.3 Å². The SMILES string of the molecule is CC1(C)c2ccccc2-c2c(N(c3cccc(-c4ccc5ccccc5c4)c3)c3ccc4ccc5sc6ccccc6c5c4c3)cccc21. The number of fused-ring (bicyclic) bond motifs is 9. The van der Waals surface area contributed by atoms with Gasteiger partial charge in [-0.05, 0) is 97.9 Å². The second-order valence-electron chi connectivity index (χ2n) is 13.8. The molecule has 9 aromatic rings. The molecule has 0 bridgehead atoms. The van der Waals surface area contributed by atoms with Gasteiger partial charge < -0.3 is 4.90 Å². The molecule has 1 aromatic heterocycles. The summed E-state index contributed by atoms with van der Waals surface area (Å²) >= 11 is 1.88. The van der Waals surface area contributed by atoms with E-state index in [2.05, 4.69) is 183 Å². The first kappa shape index (κ1) is 28.3. The predicted octanol–water partition coefficient (Wildman–Crippen LogP) is 13.8. The maximum Gasteiger partial charge on any atom is 0.0543 e. The number of rotatable bonds is 4. The number of nitrogens with zero attached hydrogens (tertiary/aromatic N) is 1. The topological polar surface area (TPSA) is 3.24 Å². The molecule has 232 valence electrons. The van der Waals surface area contributed by atoms with Crippen molar-refractivity contribution < 1.29 is 0 Å². The van der Waals surface area contributed by atoms with Gasteiger partial charge in [0.05, 0.1) is 5.69 Å². The molecule has 2 heteroatoms. The van der Waals surface area contributed by atoms with Gasteiger partial charge in [-0.25, -0.2) is 0 Å². The fraction of sp³-hybridized carbons (Fsp3) is 0.0638. The predicted molar refractivity (Wildman–Crippen MR) is 212 cm³/mol. The average molecular weight is 644 g/mol. The van der Waals surface area contributed by atoms with Gasteiger partial charge in [0.1, 0.15) is 0 Å². The lowest BCUT2D eigenvalue weighted by Gasteiger charge is -2.29. The summed E-state index contributed by atoms with van der Waals surface area (Å²) in [5.41, 5.74) is 11.2. The van der Waals surface area contributed by atoms with Crippen molar-refractivity contribution in [2.75, 3.05) is 4.90 Å². The molecule has 0 fully saturated rings. The Hall–Kier alpha value is -5.70. The van der Waals surface area contributed by atoms with Gasteiger partial charge in [-0.2, -0.15) is 0 Å². The minimum atomic E-state index is -0.0916. The summed E-state index contributed by atoms with van der Waals surface area (Å²) in [6.45, 7) is 4.72. The number of hydrogen-bond acceptors (Lipinski definition) is 2. The van der Waals surface area contributed by atoms with E-state index >= 15 is 0 Å². The van der Waals surface area contributed by atoms with Gasteiger partial charge in [-0.15, -0.1) is 11.3 Å². The van der Waals surface area contributed by atoms with Crippen molar-refractivity contribution in [3.05, 3.63) is 175 Å². The fourth-order valence-electron chi connectivity index (χ4n) is 8.21. The lowest BCUT2D eigenvalue weighted by molar-refractivity contribution is 0.660. The van der Waals surface area contributed by atoms with Crippen molar-refractivity contribution >= 4 is 70.1 Å². The Morgan fingerprint density at radius 3 is 2.12 bits per heavy atom. The van der Waals surface area contributed by atoms with E-state index < -0.39 is 0 Å². The van der Waals surface area contributed by atoms with Gasteiger partial charge in [-0.3, -0.25) is 0 Å². The van der Waals surface area contributed by atoms with E-state index in [-0.39, 0.29) is 5.41 Å². The number of benzene rings is 8.